The molecule has 1 aromatic heterocycles. The average molecular weight is 290 g/mol. The normalized spacial score (nSPS) is 30.4. The summed E-state index contributed by atoms with van der Waals surface area (Å²) in [6.07, 6.45) is 7.48. The average Bonchev–Trinajstić information content (AvgIpc) is 3.05. The van der Waals surface area contributed by atoms with Gasteiger partial charge in [-0.05, 0) is 30.7 Å². The van der Waals surface area contributed by atoms with Crippen molar-refractivity contribution in [2.75, 3.05) is 26.2 Å². The van der Waals surface area contributed by atoms with Crippen LogP contribution in [0, 0.1) is 11.8 Å². The summed E-state index contributed by atoms with van der Waals surface area (Å²) in [7, 11) is 1.93. The predicted octanol–water partition coefficient (Wildman–Crippen LogP) is 1.37. The summed E-state index contributed by atoms with van der Waals surface area (Å²) >= 11 is 0. The van der Waals surface area contributed by atoms with Crippen molar-refractivity contribution in [1.29, 1.82) is 0 Å². The van der Waals surface area contributed by atoms with E-state index in [0.717, 1.165) is 44.9 Å². The zero-order chi connectivity index (χ0) is 14.8. The van der Waals surface area contributed by atoms with Crippen LogP contribution in [0.2, 0.25) is 0 Å². The van der Waals surface area contributed by atoms with Crippen LogP contribution in [-0.2, 0) is 11.8 Å². The van der Waals surface area contributed by atoms with Gasteiger partial charge in [0.2, 0.25) is 5.91 Å². The Bertz CT molecular complexity index is 498. The third-order valence-corrected chi connectivity index (χ3v) is 5.01. The van der Waals surface area contributed by atoms with Crippen molar-refractivity contribution < 1.29 is 4.79 Å². The number of amides is 1. The molecule has 1 aromatic rings. The van der Waals surface area contributed by atoms with Crippen LogP contribution >= 0.6 is 0 Å². The maximum Gasteiger partial charge on any atom is 0.227 e. The molecule has 5 nitrogen and oxygen atoms in total. The Morgan fingerprint density at radius 2 is 2.19 bits per heavy atom. The third-order valence-electron chi connectivity index (χ3n) is 5.01. The summed E-state index contributed by atoms with van der Waals surface area (Å²) in [5, 5.41) is 7.65. The minimum Gasteiger partial charge on any atom is -0.342 e. The van der Waals surface area contributed by atoms with Gasteiger partial charge in [-0.3, -0.25) is 9.48 Å². The van der Waals surface area contributed by atoms with E-state index >= 15 is 0 Å². The maximum absolute atomic E-state index is 12.9. The highest BCUT2D eigenvalue weighted by Crippen LogP contribution is 2.30. The lowest BCUT2D eigenvalue weighted by Crippen LogP contribution is -2.39. The number of aryl methyl sites for hydroxylation is 1. The zero-order valence-electron chi connectivity index (χ0n) is 13.1. The van der Waals surface area contributed by atoms with Gasteiger partial charge in [0.05, 0.1) is 12.1 Å². The molecule has 21 heavy (non-hydrogen) atoms. The van der Waals surface area contributed by atoms with Crippen LogP contribution in [0.15, 0.2) is 12.4 Å². The Labute approximate surface area is 126 Å². The SMILES string of the molecule is CC1CCCN(C(=O)[C@H]2CNC[C@@H]2c2cnn(C)c2)CC1. The number of aromatic nitrogens is 2. The van der Waals surface area contributed by atoms with Crippen molar-refractivity contribution in [3.8, 4) is 0 Å². The van der Waals surface area contributed by atoms with Crippen LogP contribution in [-0.4, -0.2) is 46.8 Å². The van der Waals surface area contributed by atoms with Crippen LogP contribution < -0.4 is 5.32 Å². The molecule has 1 amide bonds. The highest BCUT2D eigenvalue weighted by molar-refractivity contribution is 5.80. The Balaban J connectivity index is 1.71. The number of carbonyl (C=O) groups excluding carboxylic acids is 1. The number of hydrogen-bond donors (Lipinski definition) is 1. The fourth-order valence-electron chi connectivity index (χ4n) is 3.64. The van der Waals surface area contributed by atoms with E-state index in [1.54, 1.807) is 0 Å². The van der Waals surface area contributed by atoms with Crippen molar-refractivity contribution in [1.82, 2.24) is 20.0 Å². The molecule has 116 valence electrons. The monoisotopic (exact) mass is 290 g/mol. The van der Waals surface area contributed by atoms with Crippen LogP contribution in [0.3, 0.4) is 0 Å². The summed E-state index contributed by atoms with van der Waals surface area (Å²) in [6, 6.07) is 0. The van der Waals surface area contributed by atoms with Crippen molar-refractivity contribution >= 4 is 5.91 Å². The molecule has 2 aliphatic heterocycles. The molecule has 2 aliphatic rings. The molecule has 0 saturated carbocycles. The molecule has 1 N–H and O–H groups in total. The van der Waals surface area contributed by atoms with E-state index in [1.807, 2.05) is 24.1 Å². The summed E-state index contributed by atoms with van der Waals surface area (Å²) in [4.78, 5) is 15.0. The largest absolute Gasteiger partial charge is 0.342 e. The minimum absolute atomic E-state index is 0.0719. The van der Waals surface area contributed by atoms with Crippen LogP contribution in [0.4, 0.5) is 0 Å². The predicted molar refractivity (Wildman–Crippen MR) is 81.9 cm³/mol. The number of carbonyl (C=O) groups is 1. The van der Waals surface area contributed by atoms with Gasteiger partial charge in [0.1, 0.15) is 0 Å². The van der Waals surface area contributed by atoms with Gasteiger partial charge in [0.25, 0.3) is 0 Å². The van der Waals surface area contributed by atoms with Gasteiger partial charge in [-0.2, -0.15) is 5.10 Å². The number of nitrogens with one attached hydrogen (secondary N) is 1. The molecular weight excluding hydrogens is 264 g/mol. The quantitative estimate of drug-likeness (QED) is 0.895. The molecule has 2 fully saturated rings. The number of hydrogen-bond acceptors (Lipinski definition) is 3. The number of nitrogens with zero attached hydrogens (tertiary/aromatic N) is 3. The van der Waals surface area contributed by atoms with E-state index in [-0.39, 0.29) is 11.8 Å². The maximum atomic E-state index is 12.9. The zero-order valence-corrected chi connectivity index (χ0v) is 13.1. The second kappa shape index (κ2) is 6.18. The van der Waals surface area contributed by atoms with E-state index < -0.39 is 0 Å². The van der Waals surface area contributed by atoms with Gasteiger partial charge in [-0.25, -0.2) is 0 Å². The van der Waals surface area contributed by atoms with Crippen LogP contribution in [0.1, 0.15) is 37.7 Å². The molecule has 3 atom stereocenters. The molecule has 2 saturated heterocycles. The Kier molecular flexibility index (Phi) is 4.29. The van der Waals surface area contributed by atoms with Crippen LogP contribution in [0.25, 0.3) is 0 Å². The lowest BCUT2D eigenvalue weighted by atomic mass is 9.89. The molecule has 0 radical (unpaired) electrons. The number of rotatable bonds is 2. The Hall–Kier alpha value is -1.36. The summed E-state index contributed by atoms with van der Waals surface area (Å²) in [5.41, 5.74) is 1.18. The van der Waals surface area contributed by atoms with Crippen molar-refractivity contribution in [3.05, 3.63) is 18.0 Å². The Morgan fingerprint density at radius 3 is 2.95 bits per heavy atom. The van der Waals surface area contributed by atoms with E-state index in [1.165, 1.54) is 12.0 Å². The van der Waals surface area contributed by atoms with Gasteiger partial charge < -0.3 is 10.2 Å². The van der Waals surface area contributed by atoms with Crippen LogP contribution in [0.5, 0.6) is 0 Å². The molecule has 3 heterocycles. The highest BCUT2D eigenvalue weighted by Gasteiger charge is 2.37. The first kappa shape index (κ1) is 14.6. The molecule has 5 heteroatoms. The van der Waals surface area contributed by atoms with E-state index in [0.29, 0.717) is 5.91 Å². The second-order valence-electron chi connectivity index (χ2n) is 6.68. The number of likely N-dealkylation sites (tertiary alicyclic amines) is 1. The fourth-order valence-corrected chi connectivity index (χ4v) is 3.64. The van der Waals surface area contributed by atoms with E-state index in [2.05, 4.69) is 22.2 Å². The summed E-state index contributed by atoms with van der Waals surface area (Å²) in [5.74, 6) is 1.43. The summed E-state index contributed by atoms with van der Waals surface area (Å²) < 4.78 is 1.82. The minimum atomic E-state index is 0.0719. The van der Waals surface area contributed by atoms with Gasteiger partial charge in [-0.1, -0.05) is 6.92 Å². The van der Waals surface area contributed by atoms with Gasteiger partial charge in [0, 0.05) is 45.3 Å². The van der Waals surface area contributed by atoms with Gasteiger partial charge in [0.15, 0.2) is 0 Å². The molecule has 3 rings (SSSR count). The molecule has 0 aromatic carbocycles. The fraction of sp³-hybridized carbons (Fsp3) is 0.750. The van der Waals surface area contributed by atoms with Crippen molar-refractivity contribution in [2.45, 2.75) is 32.1 Å². The lowest BCUT2D eigenvalue weighted by molar-refractivity contribution is -0.135. The summed E-state index contributed by atoms with van der Waals surface area (Å²) in [6.45, 7) is 5.83. The first-order valence-corrected chi connectivity index (χ1v) is 8.13. The highest BCUT2D eigenvalue weighted by atomic mass is 16.2. The first-order chi connectivity index (χ1) is 10.1. The van der Waals surface area contributed by atoms with Gasteiger partial charge in [-0.15, -0.1) is 0 Å². The lowest BCUT2D eigenvalue weighted by Gasteiger charge is -2.26. The topological polar surface area (TPSA) is 50.2 Å². The Morgan fingerprint density at radius 1 is 1.33 bits per heavy atom. The molecule has 0 spiro atoms. The van der Waals surface area contributed by atoms with E-state index in [9.17, 15) is 4.79 Å². The molecule has 1 unspecified atom stereocenters. The smallest absolute Gasteiger partial charge is 0.227 e. The van der Waals surface area contributed by atoms with Crippen molar-refractivity contribution in [3.63, 3.8) is 0 Å². The molecule has 0 aliphatic carbocycles. The third kappa shape index (κ3) is 3.12. The van der Waals surface area contributed by atoms with E-state index in [4.69, 9.17) is 0 Å². The molecular formula is C16H26N4O. The van der Waals surface area contributed by atoms with Gasteiger partial charge >= 0.3 is 0 Å². The first-order valence-electron chi connectivity index (χ1n) is 8.13. The second-order valence-corrected chi connectivity index (χ2v) is 6.68. The van der Waals surface area contributed by atoms with Crippen molar-refractivity contribution in [2.24, 2.45) is 18.9 Å². The molecule has 0 bridgehead atoms. The standard InChI is InChI=1S/C16H26N4O/c1-12-4-3-6-20(7-5-12)16(21)15-10-17-9-14(15)13-8-18-19(2)11-13/h8,11-12,14-15,17H,3-7,9-10H2,1-2H3/t12?,14-,15+/m1/s1.